The predicted molar refractivity (Wildman–Crippen MR) is 68.4 cm³/mol. The minimum Gasteiger partial charge on any atom is -0.494 e. The maximum atomic E-state index is 10.5. The minimum atomic E-state index is -0.546. The lowest BCUT2D eigenvalue weighted by atomic mass is 9.86. The molecule has 0 saturated carbocycles. The summed E-state index contributed by atoms with van der Waals surface area (Å²) in [5, 5.41) is 13.7. The molecule has 0 unspecified atom stereocenters. The lowest BCUT2D eigenvalue weighted by molar-refractivity contribution is 0.0108. The smallest absolute Gasteiger partial charge is 0.119 e. The van der Waals surface area contributed by atoms with Crippen LogP contribution in [0.15, 0.2) is 24.3 Å². The third-order valence-electron chi connectivity index (χ3n) is 3.28. The summed E-state index contributed by atoms with van der Waals surface area (Å²) >= 11 is 0. The molecule has 3 heteroatoms. The van der Waals surface area contributed by atoms with Gasteiger partial charge in [-0.2, -0.15) is 0 Å². The zero-order valence-electron chi connectivity index (χ0n) is 10.4. The highest BCUT2D eigenvalue weighted by Gasteiger charge is 2.29. The standard InChI is InChI=1S/C14H21NO2/c1-2-17-13-5-3-4-12(10-13)11-14(16)6-8-15-9-7-14/h3-5,10,15-16H,2,6-9,11H2,1H3. The van der Waals surface area contributed by atoms with E-state index in [4.69, 9.17) is 4.74 Å². The Kier molecular flexibility index (Phi) is 4.02. The molecular weight excluding hydrogens is 214 g/mol. The normalized spacial score (nSPS) is 18.9. The van der Waals surface area contributed by atoms with Crippen molar-refractivity contribution in [1.82, 2.24) is 5.32 Å². The highest BCUT2D eigenvalue weighted by Crippen LogP contribution is 2.25. The van der Waals surface area contributed by atoms with Crippen LogP contribution in [0, 0.1) is 0 Å². The number of hydrogen-bond acceptors (Lipinski definition) is 3. The SMILES string of the molecule is CCOc1cccc(CC2(O)CCNCC2)c1. The number of hydrogen-bond donors (Lipinski definition) is 2. The van der Waals surface area contributed by atoms with E-state index in [-0.39, 0.29) is 0 Å². The molecule has 1 aliphatic heterocycles. The Balaban J connectivity index is 2.04. The second-order valence-corrected chi connectivity index (χ2v) is 4.73. The highest BCUT2D eigenvalue weighted by atomic mass is 16.5. The van der Waals surface area contributed by atoms with Gasteiger partial charge in [0, 0.05) is 6.42 Å². The van der Waals surface area contributed by atoms with Gasteiger partial charge < -0.3 is 15.2 Å². The van der Waals surface area contributed by atoms with Crippen molar-refractivity contribution in [3.63, 3.8) is 0 Å². The van der Waals surface area contributed by atoms with Crippen molar-refractivity contribution in [2.75, 3.05) is 19.7 Å². The van der Waals surface area contributed by atoms with Gasteiger partial charge in [0.25, 0.3) is 0 Å². The number of rotatable bonds is 4. The average molecular weight is 235 g/mol. The molecule has 3 nitrogen and oxygen atoms in total. The first-order valence-corrected chi connectivity index (χ1v) is 6.37. The number of nitrogens with one attached hydrogen (secondary N) is 1. The third kappa shape index (κ3) is 3.45. The Morgan fingerprint density at radius 3 is 2.82 bits per heavy atom. The summed E-state index contributed by atoms with van der Waals surface area (Å²) in [6.07, 6.45) is 2.37. The first kappa shape index (κ1) is 12.4. The molecule has 0 radical (unpaired) electrons. The second-order valence-electron chi connectivity index (χ2n) is 4.73. The zero-order valence-corrected chi connectivity index (χ0v) is 10.4. The largest absolute Gasteiger partial charge is 0.494 e. The first-order chi connectivity index (χ1) is 8.22. The van der Waals surface area contributed by atoms with E-state index in [2.05, 4.69) is 11.4 Å². The summed E-state index contributed by atoms with van der Waals surface area (Å²) < 4.78 is 5.47. The van der Waals surface area contributed by atoms with Crippen molar-refractivity contribution >= 4 is 0 Å². The van der Waals surface area contributed by atoms with E-state index >= 15 is 0 Å². The van der Waals surface area contributed by atoms with Gasteiger partial charge in [0.15, 0.2) is 0 Å². The van der Waals surface area contributed by atoms with Crippen LogP contribution in [0.3, 0.4) is 0 Å². The predicted octanol–water partition coefficient (Wildman–Crippen LogP) is 1.74. The molecule has 0 aliphatic carbocycles. The van der Waals surface area contributed by atoms with E-state index in [0.717, 1.165) is 43.7 Å². The fourth-order valence-corrected chi connectivity index (χ4v) is 2.36. The average Bonchev–Trinajstić information content (AvgIpc) is 2.30. The van der Waals surface area contributed by atoms with Gasteiger partial charge in [-0.3, -0.25) is 0 Å². The summed E-state index contributed by atoms with van der Waals surface area (Å²) in [6.45, 7) is 4.47. The van der Waals surface area contributed by atoms with Crippen LogP contribution in [0.5, 0.6) is 5.75 Å². The topological polar surface area (TPSA) is 41.5 Å². The van der Waals surface area contributed by atoms with E-state index in [1.54, 1.807) is 0 Å². The monoisotopic (exact) mass is 235 g/mol. The first-order valence-electron chi connectivity index (χ1n) is 6.37. The Labute approximate surface area is 103 Å². The van der Waals surface area contributed by atoms with Crippen LogP contribution in [0.2, 0.25) is 0 Å². The summed E-state index contributed by atoms with van der Waals surface area (Å²) in [5.41, 5.74) is 0.608. The molecular formula is C14H21NO2. The quantitative estimate of drug-likeness (QED) is 0.835. The summed E-state index contributed by atoms with van der Waals surface area (Å²) in [5.74, 6) is 0.891. The van der Waals surface area contributed by atoms with Crippen molar-refractivity contribution in [3.8, 4) is 5.75 Å². The number of ether oxygens (including phenoxy) is 1. The van der Waals surface area contributed by atoms with Crippen molar-refractivity contribution in [1.29, 1.82) is 0 Å². The Hall–Kier alpha value is -1.06. The van der Waals surface area contributed by atoms with Gasteiger partial charge in [0.05, 0.1) is 12.2 Å². The van der Waals surface area contributed by atoms with Crippen molar-refractivity contribution in [3.05, 3.63) is 29.8 Å². The van der Waals surface area contributed by atoms with Crippen LogP contribution >= 0.6 is 0 Å². The van der Waals surface area contributed by atoms with Crippen LogP contribution in [0.1, 0.15) is 25.3 Å². The van der Waals surface area contributed by atoms with Gasteiger partial charge >= 0.3 is 0 Å². The number of benzene rings is 1. The van der Waals surface area contributed by atoms with Gasteiger partial charge in [-0.15, -0.1) is 0 Å². The molecule has 2 rings (SSSR count). The molecule has 1 saturated heterocycles. The minimum absolute atomic E-state index is 0.546. The van der Waals surface area contributed by atoms with Crippen molar-refractivity contribution in [2.24, 2.45) is 0 Å². The summed E-state index contributed by atoms with van der Waals surface area (Å²) in [7, 11) is 0. The zero-order chi connectivity index (χ0) is 12.1. The molecule has 17 heavy (non-hydrogen) atoms. The van der Waals surface area contributed by atoms with Crippen LogP contribution in [-0.2, 0) is 6.42 Å². The van der Waals surface area contributed by atoms with Gasteiger partial charge in [-0.25, -0.2) is 0 Å². The second kappa shape index (κ2) is 5.52. The lowest BCUT2D eigenvalue weighted by Crippen LogP contribution is -2.43. The van der Waals surface area contributed by atoms with Gasteiger partial charge in [-0.1, -0.05) is 12.1 Å². The molecule has 0 atom stereocenters. The van der Waals surface area contributed by atoms with E-state index in [1.165, 1.54) is 0 Å². The maximum Gasteiger partial charge on any atom is 0.119 e. The van der Waals surface area contributed by atoms with Crippen molar-refractivity contribution < 1.29 is 9.84 Å². The molecule has 0 aromatic heterocycles. The van der Waals surface area contributed by atoms with Crippen LogP contribution in [-0.4, -0.2) is 30.4 Å². The molecule has 1 fully saturated rings. The molecule has 1 aliphatic rings. The van der Waals surface area contributed by atoms with Gasteiger partial charge in [-0.05, 0) is 50.6 Å². The van der Waals surface area contributed by atoms with E-state index in [0.29, 0.717) is 6.61 Å². The van der Waals surface area contributed by atoms with E-state index in [9.17, 15) is 5.11 Å². The van der Waals surface area contributed by atoms with E-state index < -0.39 is 5.60 Å². The number of aliphatic hydroxyl groups is 1. The molecule has 1 heterocycles. The molecule has 2 N–H and O–H groups in total. The van der Waals surface area contributed by atoms with Gasteiger partial charge in [0.1, 0.15) is 5.75 Å². The lowest BCUT2D eigenvalue weighted by Gasteiger charge is -2.32. The fraction of sp³-hybridized carbons (Fsp3) is 0.571. The molecule has 0 amide bonds. The Morgan fingerprint density at radius 1 is 1.35 bits per heavy atom. The molecule has 0 spiro atoms. The number of piperidine rings is 1. The Morgan fingerprint density at radius 2 is 2.12 bits per heavy atom. The van der Waals surface area contributed by atoms with Crippen LogP contribution in [0.25, 0.3) is 0 Å². The summed E-state index contributed by atoms with van der Waals surface area (Å²) in [6, 6.07) is 8.04. The van der Waals surface area contributed by atoms with Gasteiger partial charge in [0.2, 0.25) is 0 Å². The van der Waals surface area contributed by atoms with Crippen molar-refractivity contribution in [2.45, 2.75) is 31.8 Å². The Bertz CT molecular complexity index is 359. The molecule has 0 bridgehead atoms. The highest BCUT2D eigenvalue weighted by molar-refractivity contribution is 5.29. The fourth-order valence-electron chi connectivity index (χ4n) is 2.36. The summed E-state index contributed by atoms with van der Waals surface area (Å²) in [4.78, 5) is 0. The maximum absolute atomic E-state index is 10.5. The van der Waals surface area contributed by atoms with Crippen LogP contribution in [0.4, 0.5) is 0 Å². The third-order valence-corrected chi connectivity index (χ3v) is 3.28. The molecule has 1 aromatic rings. The van der Waals surface area contributed by atoms with E-state index in [1.807, 2.05) is 25.1 Å². The molecule has 1 aromatic carbocycles. The molecule has 94 valence electrons. The van der Waals surface area contributed by atoms with Crippen LogP contribution < -0.4 is 10.1 Å².